The van der Waals surface area contributed by atoms with Crippen LogP contribution in [-0.2, 0) is 11.3 Å². The summed E-state index contributed by atoms with van der Waals surface area (Å²) in [6.07, 6.45) is 4.33. The van der Waals surface area contributed by atoms with Crippen LogP contribution in [0.5, 0.6) is 0 Å². The van der Waals surface area contributed by atoms with Crippen molar-refractivity contribution in [3.63, 3.8) is 0 Å². The molecule has 1 amide bonds. The second kappa shape index (κ2) is 6.75. The molecule has 0 bridgehead atoms. The average Bonchev–Trinajstić information content (AvgIpc) is 3.22. The predicted molar refractivity (Wildman–Crippen MR) is 81.9 cm³/mol. The monoisotopic (exact) mass is 306 g/mol. The van der Waals surface area contributed by atoms with Crippen molar-refractivity contribution in [2.24, 2.45) is 11.7 Å². The molecule has 5 heteroatoms. The fourth-order valence-electron chi connectivity index (χ4n) is 2.95. The molecule has 0 radical (unpaired) electrons. The lowest BCUT2D eigenvalue weighted by atomic mass is 10.1. The standard InChI is InChI=1S/C17H23FN2O2/c18-16-6-5-13(8-14(16)11-22-10-12-3-4-12)17(21)20-7-1-2-15(20)9-19/h5-6,8,12,15H,1-4,7,9-11,19H2. The number of carbonyl (C=O) groups excluding carboxylic acids is 1. The molecule has 2 N–H and O–H groups in total. The topological polar surface area (TPSA) is 55.6 Å². The molecule has 120 valence electrons. The van der Waals surface area contributed by atoms with Crippen LogP contribution in [0.3, 0.4) is 0 Å². The van der Waals surface area contributed by atoms with Crippen LogP contribution in [0, 0.1) is 11.7 Å². The minimum absolute atomic E-state index is 0.0589. The molecule has 2 aliphatic rings. The lowest BCUT2D eigenvalue weighted by Crippen LogP contribution is -2.39. The summed E-state index contributed by atoms with van der Waals surface area (Å²) in [7, 11) is 0. The van der Waals surface area contributed by atoms with Crippen LogP contribution in [0.1, 0.15) is 41.6 Å². The van der Waals surface area contributed by atoms with E-state index in [9.17, 15) is 9.18 Å². The molecular formula is C17H23FN2O2. The Morgan fingerprint density at radius 3 is 2.91 bits per heavy atom. The molecule has 1 aromatic carbocycles. The van der Waals surface area contributed by atoms with Gasteiger partial charge in [0, 0.05) is 36.9 Å². The Balaban J connectivity index is 1.68. The van der Waals surface area contributed by atoms with E-state index in [0.29, 0.717) is 30.2 Å². The molecule has 1 aliphatic carbocycles. The fraction of sp³-hybridized carbons (Fsp3) is 0.588. The van der Waals surface area contributed by atoms with Gasteiger partial charge in [0.05, 0.1) is 6.61 Å². The zero-order chi connectivity index (χ0) is 15.5. The Morgan fingerprint density at radius 1 is 1.36 bits per heavy atom. The molecule has 1 aromatic rings. The minimum atomic E-state index is -0.316. The maximum absolute atomic E-state index is 13.9. The first-order chi connectivity index (χ1) is 10.7. The second-order valence-electron chi connectivity index (χ2n) is 6.29. The lowest BCUT2D eigenvalue weighted by molar-refractivity contribution is 0.0740. The number of nitrogens with zero attached hydrogens (tertiary/aromatic N) is 1. The first kappa shape index (κ1) is 15.4. The van der Waals surface area contributed by atoms with Gasteiger partial charge in [-0.15, -0.1) is 0 Å². The summed E-state index contributed by atoms with van der Waals surface area (Å²) in [5.41, 5.74) is 6.69. The fourth-order valence-corrected chi connectivity index (χ4v) is 2.95. The van der Waals surface area contributed by atoms with Crippen LogP contribution >= 0.6 is 0 Å². The number of ether oxygens (including phenoxy) is 1. The van der Waals surface area contributed by atoms with Gasteiger partial charge in [0.25, 0.3) is 5.91 Å². The maximum atomic E-state index is 13.9. The summed E-state index contributed by atoms with van der Waals surface area (Å²) in [5.74, 6) is 0.267. The number of benzene rings is 1. The Labute approximate surface area is 130 Å². The van der Waals surface area contributed by atoms with Crippen molar-refractivity contribution in [3.8, 4) is 0 Å². The second-order valence-corrected chi connectivity index (χ2v) is 6.29. The summed E-state index contributed by atoms with van der Waals surface area (Å²) < 4.78 is 19.4. The molecule has 1 aliphatic heterocycles. The molecule has 1 saturated carbocycles. The highest BCUT2D eigenvalue weighted by atomic mass is 19.1. The van der Waals surface area contributed by atoms with Gasteiger partial charge in [-0.1, -0.05) is 0 Å². The number of halogens is 1. The highest BCUT2D eigenvalue weighted by Crippen LogP contribution is 2.29. The quantitative estimate of drug-likeness (QED) is 0.877. The first-order valence-corrected chi connectivity index (χ1v) is 8.06. The van der Waals surface area contributed by atoms with E-state index in [0.717, 1.165) is 19.4 Å². The van der Waals surface area contributed by atoms with Crippen molar-refractivity contribution < 1.29 is 13.9 Å². The van der Waals surface area contributed by atoms with Crippen molar-refractivity contribution in [3.05, 3.63) is 35.1 Å². The molecule has 3 rings (SSSR count). The highest BCUT2D eigenvalue weighted by Gasteiger charge is 2.28. The number of nitrogens with two attached hydrogens (primary N) is 1. The summed E-state index contributed by atoms with van der Waals surface area (Å²) in [5, 5.41) is 0. The molecule has 1 saturated heterocycles. The van der Waals surface area contributed by atoms with Crippen molar-refractivity contribution in [2.75, 3.05) is 19.7 Å². The summed E-state index contributed by atoms with van der Waals surface area (Å²) in [6.45, 7) is 2.11. The van der Waals surface area contributed by atoms with Gasteiger partial charge in [-0.2, -0.15) is 0 Å². The molecular weight excluding hydrogens is 283 g/mol. The van der Waals surface area contributed by atoms with Crippen LogP contribution in [0.15, 0.2) is 18.2 Å². The number of rotatable bonds is 6. The van der Waals surface area contributed by atoms with Crippen molar-refractivity contribution in [2.45, 2.75) is 38.3 Å². The minimum Gasteiger partial charge on any atom is -0.376 e. The summed E-state index contributed by atoms with van der Waals surface area (Å²) in [6, 6.07) is 4.63. The van der Waals surface area contributed by atoms with Gasteiger partial charge < -0.3 is 15.4 Å². The molecule has 1 heterocycles. The van der Waals surface area contributed by atoms with Crippen LogP contribution in [0.4, 0.5) is 4.39 Å². The molecule has 22 heavy (non-hydrogen) atoms. The number of likely N-dealkylation sites (tertiary alicyclic amines) is 1. The Bertz CT molecular complexity index is 545. The van der Waals surface area contributed by atoms with Crippen LogP contribution in [0.25, 0.3) is 0 Å². The summed E-state index contributed by atoms with van der Waals surface area (Å²) in [4.78, 5) is 14.4. The molecule has 1 unspecified atom stereocenters. The zero-order valence-electron chi connectivity index (χ0n) is 12.8. The van der Waals surface area contributed by atoms with E-state index in [2.05, 4.69) is 0 Å². The molecule has 0 spiro atoms. The van der Waals surface area contributed by atoms with E-state index < -0.39 is 0 Å². The largest absolute Gasteiger partial charge is 0.376 e. The normalized spacial score (nSPS) is 21.4. The average molecular weight is 306 g/mol. The Hall–Kier alpha value is -1.46. The van der Waals surface area contributed by atoms with Gasteiger partial charge >= 0.3 is 0 Å². The van der Waals surface area contributed by atoms with E-state index in [1.54, 1.807) is 12.1 Å². The zero-order valence-corrected chi connectivity index (χ0v) is 12.8. The maximum Gasteiger partial charge on any atom is 0.254 e. The van der Waals surface area contributed by atoms with Gasteiger partial charge in [-0.05, 0) is 49.8 Å². The van der Waals surface area contributed by atoms with Gasteiger partial charge in [0.2, 0.25) is 0 Å². The number of hydrogen-bond acceptors (Lipinski definition) is 3. The van der Waals surface area contributed by atoms with Crippen LogP contribution in [0.2, 0.25) is 0 Å². The summed E-state index contributed by atoms with van der Waals surface area (Å²) >= 11 is 0. The Morgan fingerprint density at radius 2 is 2.18 bits per heavy atom. The third-order valence-corrected chi connectivity index (χ3v) is 4.51. The van der Waals surface area contributed by atoms with Crippen molar-refractivity contribution >= 4 is 5.91 Å². The molecule has 2 fully saturated rings. The van der Waals surface area contributed by atoms with Gasteiger partial charge in [0.1, 0.15) is 5.82 Å². The Kier molecular flexibility index (Phi) is 4.74. The molecule has 0 aromatic heterocycles. The van der Waals surface area contributed by atoms with E-state index in [4.69, 9.17) is 10.5 Å². The molecule has 4 nitrogen and oxygen atoms in total. The number of hydrogen-bond donors (Lipinski definition) is 1. The predicted octanol–water partition coefficient (Wildman–Crippen LogP) is 2.32. The van der Waals surface area contributed by atoms with Gasteiger partial charge in [-0.3, -0.25) is 4.79 Å². The van der Waals surface area contributed by atoms with E-state index in [1.807, 2.05) is 4.90 Å². The highest BCUT2D eigenvalue weighted by molar-refractivity contribution is 5.94. The third-order valence-electron chi connectivity index (χ3n) is 4.51. The molecule has 1 atom stereocenters. The van der Waals surface area contributed by atoms with Gasteiger partial charge in [0.15, 0.2) is 0 Å². The van der Waals surface area contributed by atoms with Crippen LogP contribution < -0.4 is 5.73 Å². The van der Waals surface area contributed by atoms with Crippen molar-refractivity contribution in [1.29, 1.82) is 0 Å². The van der Waals surface area contributed by atoms with E-state index in [-0.39, 0.29) is 24.4 Å². The smallest absolute Gasteiger partial charge is 0.254 e. The number of amides is 1. The van der Waals surface area contributed by atoms with Gasteiger partial charge in [-0.25, -0.2) is 4.39 Å². The third kappa shape index (κ3) is 3.47. The lowest BCUT2D eigenvalue weighted by Gasteiger charge is -2.23. The number of carbonyl (C=O) groups is 1. The van der Waals surface area contributed by atoms with Crippen LogP contribution in [-0.4, -0.2) is 36.5 Å². The first-order valence-electron chi connectivity index (χ1n) is 8.06. The van der Waals surface area contributed by atoms with E-state index >= 15 is 0 Å². The van der Waals surface area contributed by atoms with E-state index in [1.165, 1.54) is 18.9 Å². The van der Waals surface area contributed by atoms with Crippen molar-refractivity contribution in [1.82, 2.24) is 4.90 Å². The SMILES string of the molecule is NCC1CCCN1C(=O)c1ccc(F)c(COCC2CC2)c1.